The summed E-state index contributed by atoms with van der Waals surface area (Å²) in [4.78, 5) is 31.4. The summed E-state index contributed by atoms with van der Waals surface area (Å²) in [7, 11) is -4.20. The van der Waals surface area contributed by atoms with Gasteiger partial charge in [0.25, 0.3) is 10.0 Å². The summed E-state index contributed by atoms with van der Waals surface area (Å²) in [5, 5.41) is 2.58. The Hall–Kier alpha value is -4.36. The number of hydrogen-bond donors (Lipinski definition) is 2. The van der Waals surface area contributed by atoms with Gasteiger partial charge in [-0.3, -0.25) is 4.79 Å². The van der Waals surface area contributed by atoms with E-state index in [4.69, 9.17) is 0 Å². The zero-order chi connectivity index (χ0) is 35.0. The predicted molar refractivity (Wildman–Crippen MR) is 196 cm³/mol. The van der Waals surface area contributed by atoms with Gasteiger partial charge in [-0.2, -0.15) is 11.8 Å². The van der Waals surface area contributed by atoms with Crippen LogP contribution in [0.2, 0.25) is 0 Å². The number of nitrogens with zero attached hydrogens (tertiary/aromatic N) is 2. The van der Waals surface area contributed by atoms with Gasteiger partial charge in [-0.1, -0.05) is 97.4 Å². The van der Waals surface area contributed by atoms with E-state index in [1.807, 2.05) is 74.7 Å². The molecular formula is C37H38N4O5S3. The van der Waals surface area contributed by atoms with Crippen molar-refractivity contribution in [1.29, 1.82) is 0 Å². The molecular weight excluding hydrogens is 677 g/mol. The molecule has 49 heavy (non-hydrogen) atoms. The monoisotopic (exact) mass is 714 g/mol. The Morgan fingerprint density at radius 3 is 2.29 bits per heavy atom. The molecule has 0 saturated carbocycles. The Morgan fingerprint density at radius 2 is 1.59 bits per heavy atom. The van der Waals surface area contributed by atoms with Crippen LogP contribution < -0.4 is 10.0 Å². The average molecular weight is 715 g/mol. The Labute approximate surface area is 294 Å². The van der Waals surface area contributed by atoms with Gasteiger partial charge in [0.15, 0.2) is 10.6 Å². The van der Waals surface area contributed by atoms with E-state index in [1.54, 1.807) is 65.1 Å². The normalized spacial score (nSPS) is 12.7. The lowest BCUT2D eigenvalue weighted by Crippen LogP contribution is -2.39. The molecule has 0 saturated heterocycles. The largest absolute Gasteiger partial charge is 0.611 e. The zero-order valence-electron chi connectivity index (χ0n) is 27.5. The van der Waals surface area contributed by atoms with Gasteiger partial charge in [0.2, 0.25) is 5.78 Å². The SMILES string of the molecule is CSCC(C)c1ncn(Cc2ccc(-c3ccccc3S(=O)(=O)NC(=O)NCc3ccccc3)cc2)c1C(=O)C[S+]([O-])c1ccc(C)cc1. The number of carbonyl (C=O) groups is 2. The van der Waals surface area contributed by atoms with Crippen LogP contribution in [0.3, 0.4) is 0 Å². The van der Waals surface area contributed by atoms with Gasteiger partial charge in [-0.25, -0.2) is 22.9 Å². The third-order valence-corrected chi connectivity index (χ3v) is 11.4. The van der Waals surface area contributed by atoms with Crippen molar-refractivity contribution in [3.05, 3.63) is 138 Å². The summed E-state index contributed by atoms with van der Waals surface area (Å²) in [6.07, 6.45) is 3.65. The number of aromatic nitrogens is 2. The van der Waals surface area contributed by atoms with Crippen LogP contribution >= 0.6 is 11.8 Å². The number of urea groups is 1. The molecule has 9 nitrogen and oxygen atoms in total. The van der Waals surface area contributed by atoms with Crippen molar-refractivity contribution < 1.29 is 22.6 Å². The molecule has 0 spiro atoms. The maximum Gasteiger partial charge on any atom is 0.328 e. The molecule has 254 valence electrons. The van der Waals surface area contributed by atoms with E-state index in [-0.39, 0.29) is 28.9 Å². The average Bonchev–Trinajstić information content (AvgIpc) is 3.52. The Morgan fingerprint density at radius 1 is 0.918 bits per heavy atom. The number of rotatable bonds is 14. The molecule has 4 aromatic carbocycles. The van der Waals surface area contributed by atoms with Crippen molar-refractivity contribution in [2.24, 2.45) is 0 Å². The van der Waals surface area contributed by atoms with Crippen molar-refractivity contribution in [2.45, 2.75) is 42.6 Å². The van der Waals surface area contributed by atoms with Crippen LogP contribution in [0, 0.1) is 6.92 Å². The number of thioether (sulfide) groups is 1. The minimum Gasteiger partial charge on any atom is -0.611 e. The molecule has 2 amide bonds. The number of carbonyl (C=O) groups excluding carboxylic acids is 2. The quantitative estimate of drug-likeness (QED) is 0.0985. The van der Waals surface area contributed by atoms with Gasteiger partial charge >= 0.3 is 6.03 Å². The Kier molecular flexibility index (Phi) is 12.0. The van der Waals surface area contributed by atoms with E-state index in [1.165, 1.54) is 6.07 Å². The maximum absolute atomic E-state index is 13.7. The van der Waals surface area contributed by atoms with Crippen molar-refractivity contribution in [1.82, 2.24) is 19.6 Å². The minimum absolute atomic E-state index is 0.0119. The van der Waals surface area contributed by atoms with E-state index in [0.29, 0.717) is 34.0 Å². The molecule has 0 fully saturated rings. The lowest BCUT2D eigenvalue weighted by molar-refractivity contribution is 0.101. The number of nitrogens with one attached hydrogen (secondary N) is 2. The fourth-order valence-electron chi connectivity index (χ4n) is 5.39. The summed E-state index contributed by atoms with van der Waals surface area (Å²) in [6, 6.07) is 29.5. The highest BCUT2D eigenvalue weighted by Gasteiger charge is 2.27. The summed E-state index contributed by atoms with van der Waals surface area (Å²) >= 11 is 0.157. The van der Waals surface area contributed by atoms with Crippen molar-refractivity contribution in [2.75, 3.05) is 17.8 Å². The van der Waals surface area contributed by atoms with E-state index < -0.39 is 27.2 Å². The molecule has 1 aromatic heterocycles. The fourth-order valence-corrected chi connectivity index (χ4v) is 8.19. The molecule has 12 heteroatoms. The summed E-state index contributed by atoms with van der Waals surface area (Å²) in [5.74, 6) is 0.392. The molecule has 0 aliphatic heterocycles. The molecule has 0 aliphatic rings. The molecule has 0 radical (unpaired) electrons. The van der Waals surface area contributed by atoms with Crippen LogP contribution in [0.1, 0.15) is 45.7 Å². The second-order valence-electron chi connectivity index (χ2n) is 11.7. The summed E-state index contributed by atoms with van der Waals surface area (Å²) in [6.45, 7) is 4.49. The molecule has 2 unspecified atom stereocenters. The van der Waals surface area contributed by atoms with Gasteiger partial charge in [0.1, 0.15) is 5.69 Å². The minimum atomic E-state index is -4.20. The molecule has 2 atom stereocenters. The smallest absolute Gasteiger partial charge is 0.328 e. The van der Waals surface area contributed by atoms with Gasteiger partial charge < -0.3 is 14.4 Å². The fraction of sp³-hybridized carbons (Fsp3) is 0.216. The van der Waals surface area contributed by atoms with Crippen LogP contribution in [-0.2, 0) is 34.3 Å². The zero-order valence-corrected chi connectivity index (χ0v) is 29.9. The number of imidazole rings is 1. The topological polar surface area (TPSA) is 133 Å². The Bertz CT molecular complexity index is 2000. The highest BCUT2D eigenvalue weighted by atomic mass is 32.2. The molecule has 5 rings (SSSR count). The van der Waals surface area contributed by atoms with E-state index in [0.717, 1.165) is 22.4 Å². The van der Waals surface area contributed by atoms with E-state index in [9.17, 15) is 22.6 Å². The van der Waals surface area contributed by atoms with Gasteiger partial charge in [0.05, 0.1) is 16.9 Å². The first-order valence-corrected chi connectivity index (χ1v) is 19.8. The summed E-state index contributed by atoms with van der Waals surface area (Å²) < 4.78 is 43.7. The highest BCUT2D eigenvalue weighted by Crippen LogP contribution is 2.29. The van der Waals surface area contributed by atoms with Gasteiger partial charge in [-0.15, -0.1) is 0 Å². The molecule has 2 N–H and O–H groups in total. The third-order valence-electron chi connectivity index (χ3n) is 7.88. The number of benzene rings is 4. The predicted octanol–water partition coefficient (Wildman–Crippen LogP) is 6.55. The first kappa shape index (κ1) is 35.9. The van der Waals surface area contributed by atoms with Crippen LogP contribution in [0.4, 0.5) is 4.79 Å². The second kappa shape index (κ2) is 16.4. The lowest BCUT2D eigenvalue weighted by atomic mass is 10.0. The molecule has 1 heterocycles. The first-order chi connectivity index (χ1) is 23.6. The first-order valence-electron chi connectivity index (χ1n) is 15.6. The van der Waals surface area contributed by atoms with Gasteiger partial charge in [-0.05, 0) is 59.2 Å². The number of amides is 2. The van der Waals surface area contributed by atoms with Crippen molar-refractivity contribution >= 4 is 44.8 Å². The second-order valence-corrected chi connectivity index (χ2v) is 15.7. The number of aryl methyl sites for hydroxylation is 1. The summed E-state index contributed by atoms with van der Waals surface area (Å²) in [5.41, 5.74) is 4.94. The number of sulfonamides is 1. The lowest BCUT2D eigenvalue weighted by Gasteiger charge is -2.15. The van der Waals surface area contributed by atoms with Crippen LogP contribution in [-0.4, -0.2) is 52.1 Å². The van der Waals surface area contributed by atoms with E-state index in [2.05, 4.69) is 15.0 Å². The Balaban J connectivity index is 1.34. The third kappa shape index (κ3) is 9.21. The van der Waals surface area contributed by atoms with Crippen LogP contribution in [0.15, 0.2) is 119 Å². The highest BCUT2D eigenvalue weighted by molar-refractivity contribution is 7.98. The van der Waals surface area contributed by atoms with Crippen molar-refractivity contribution in [3.8, 4) is 11.1 Å². The molecule has 0 aliphatic carbocycles. The van der Waals surface area contributed by atoms with Gasteiger partial charge in [0, 0.05) is 30.3 Å². The van der Waals surface area contributed by atoms with Crippen LogP contribution in [0.25, 0.3) is 11.1 Å². The van der Waals surface area contributed by atoms with Crippen molar-refractivity contribution in [3.63, 3.8) is 0 Å². The number of Topliss-reactive ketones (excluding diaryl/α,β-unsaturated/α-hetero) is 1. The number of hydrogen-bond acceptors (Lipinski definition) is 7. The standard InChI is InChI=1S/C37H38N4O5S3/c1-26-13-19-31(20-14-26)48(44)24-33(42)36-35(27(2)23-47-3)39-25-41(36)22-29-15-17-30(18-16-29)32-11-7-8-12-34(32)49(45,46)40-37(43)38-21-28-9-5-4-6-10-28/h4-20,25,27H,21-24H2,1-3H3,(H2,38,40,43). The molecule has 0 bridgehead atoms. The van der Waals surface area contributed by atoms with E-state index >= 15 is 0 Å². The molecule has 5 aromatic rings. The maximum atomic E-state index is 13.7. The number of ketones is 1. The van der Waals surface area contributed by atoms with Crippen LogP contribution in [0.5, 0.6) is 0 Å².